The van der Waals surface area contributed by atoms with Crippen LogP contribution in [-0.2, 0) is 4.79 Å². The fourth-order valence-electron chi connectivity index (χ4n) is 1.50. The molecule has 0 aliphatic heterocycles. The van der Waals surface area contributed by atoms with Crippen LogP contribution < -0.4 is 0 Å². The first-order valence-corrected chi connectivity index (χ1v) is 7.40. The Hall–Kier alpha value is -0.780. The van der Waals surface area contributed by atoms with Crippen LogP contribution in [0, 0.1) is 0 Å². The molecule has 0 heterocycles. The average molecular weight is 563 g/mol. The van der Waals surface area contributed by atoms with Crippen LogP contribution in [0.15, 0.2) is 0 Å². The van der Waals surface area contributed by atoms with Crippen molar-refractivity contribution < 1.29 is 80.1 Å². The van der Waals surface area contributed by atoms with Crippen molar-refractivity contribution in [3.05, 3.63) is 0 Å². The minimum Gasteiger partial charge on any atom is -0.478 e. The van der Waals surface area contributed by atoms with Crippen LogP contribution in [0.3, 0.4) is 0 Å². The first-order chi connectivity index (χ1) is 12.9. The maximum atomic E-state index is 13.9. The van der Waals surface area contributed by atoms with Crippen LogP contribution in [0.5, 0.6) is 0 Å². The molecule has 31 heavy (non-hydrogen) atoms. The number of carbonyl (C=O) groups is 1. The lowest BCUT2D eigenvalue weighted by molar-refractivity contribution is -0.432. The van der Waals surface area contributed by atoms with Gasteiger partial charge in [-0.15, -0.1) is 0 Å². The molecule has 0 saturated heterocycles. The number of aliphatic carboxylic acids is 1. The van der Waals surface area contributed by atoms with E-state index in [-0.39, 0.29) is 0 Å². The van der Waals surface area contributed by atoms with Gasteiger partial charge in [0.2, 0.25) is 0 Å². The van der Waals surface area contributed by atoms with Crippen LogP contribution in [0.4, 0.5) is 70.2 Å². The predicted octanol–water partition coefficient (Wildman–Crippen LogP) is 6.52. The van der Waals surface area contributed by atoms with Gasteiger partial charge in [-0.1, -0.05) is 34.8 Å². The molecule has 21 heteroatoms. The fraction of sp³-hybridized carbons (Fsp3) is 0.900. The Morgan fingerprint density at radius 2 is 0.742 bits per heavy atom. The second-order valence-corrected chi connectivity index (χ2v) is 6.96. The van der Waals surface area contributed by atoms with Gasteiger partial charge in [-0.2, -0.15) is 57.1 Å². The molecule has 0 bridgehead atoms. The van der Waals surface area contributed by atoms with E-state index in [1.54, 1.807) is 0 Å². The monoisotopic (exact) mass is 562 g/mol. The molecule has 0 aliphatic rings. The van der Waals surface area contributed by atoms with Crippen molar-refractivity contribution >= 4 is 40.8 Å². The molecular weight excluding hydrogens is 562 g/mol. The molecule has 3 atom stereocenters. The van der Waals surface area contributed by atoms with E-state index in [9.17, 15) is 75.0 Å². The molecule has 186 valence electrons. The molecule has 0 amide bonds. The zero-order valence-corrected chi connectivity index (χ0v) is 15.3. The van der Waals surface area contributed by atoms with Crippen LogP contribution in [0.1, 0.15) is 0 Å². The molecule has 0 radical (unpaired) electrons. The quantitative estimate of drug-likeness (QED) is 0.270. The Balaban J connectivity index is 6.95. The summed E-state index contributed by atoms with van der Waals surface area (Å²) < 4.78 is 209. The van der Waals surface area contributed by atoms with Crippen molar-refractivity contribution in [2.75, 3.05) is 0 Å². The molecular formula is C10HCl3F16O2. The van der Waals surface area contributed by atoms with E-state index in [0.717, 1.165) is 0 Å². The zero-order chi connectivity index (χ0) is 26.1. The molecule has 1 N–H and O–H groups in total. The second kappa shape index (κ2) is 7.36. The highest BCUT2D eigenvalue weighted by molar-refractivity contribution is 6.37. The highest BCUT2D eigenvalue weighted by atomic mass is 35.5. The van der Waals surface area contributed by atoms with Gasteiger partial charge in [0.25, 0.3) is 0 Å². The summed E-state index contributed by atoms with van der Waals surface area (Å²) in [4.78, 5) is 10.2. The number of carboxylic acids is 1. The summed E-state index contributed by atoms with van der Waals surface area (Å²) in [5, 5.41) is -12.7. The summed E-state index contributed by atoms with van der Waals surface area (Å²) in [7, 11) is 0. The van der Waals surface area contributed by atoms with E-state index < -0.39 is 57.1 Å². The van der Waals surface area contributed by atoms with E-state index in [2.05, 4.69) is 34.8 Å². The van der Waals surface area contributed by atoms with Crippen molar-refractivity contribution in [2.45, 2.75) is 51.2 Å². The van der Waals surface area contributed by atoms with Crippen LogP contribution >= 0.6 is 34.8 Å². The van der Waals surface area contributed by atoms with Gasteiger partial charge >= 0.3 is 57.1 Å². The minimum absolute atomic E-state index is 3.71. The average Bonchev–Trinajstić information content (AvgIpc) is 2.52. The van der Waals surface area contributed by atoms with Gasteiger partial charge in [-0.05, 0) is 0 Å². The highest BCUT2D eigenvalue weighted by Gasteiger charge is 2.95. The van der Waals surface area contributed by atoms with Gasteiger partial charge in [0, 0.05) is 0 Å². The van der Waals surface area contributed by atoms with Gasteiger partial charge < -0.3 is 5.11 Å². The standard InChI is InChI=1S/C10HCl3F16O2/c11-2(14,1(30)31)5(17,18)3(12,15)4(13,16)6(19,20)7(21,22)8(23,24)9(25,26)10(27,28)29/h(H,30,31). The third kappa shape index (κ3) is 3.63. The van der Waals surface area contributed by atoms with Gasteiger partial charge in [-0.25, -0.2) is 18.0 Å². The van der Waals surface area contributed by atoms with E-state index in [1.165, 1.54) is 0 Å². The number of alkyl halides is 19. The van der Waals surface area contributed by atoms with Gasteiger partial charge in [0.15, 0.2) is 0 Å². The lowest BCUT2D eigenvalue weighted by Crippen LogP contribution is -2.75. The van der Waals surface area contributed by atoms with Crippen molar-refractivity contribution in [1.82, 2.24) is 0 Å². The Kier molecular flexibility index (Phi) is 7.18. The molecule has 0 fully saturated rings. The van der Waals surface area contributed by atoms with Crippen molar-refractivity contribution in [3.63, 3.8) is 0 Å². The van der Waals surface area contributed by atoms with Crippen LogP contribution in [0.25, 0.3) is 0 Å². The maximum Gasteiger partial charge on any atom is 0.460 e. The number of hydrogen-bond acceptors (Lipinski definition) is 1. The molecule has 0 spiro atoms. The Morgan fingerprint density at radius 3 is 1.00 bits per heavy atom. The van der Waals surface area contributed by atoms with Gasteiger partial charge in [0.1, 0.15) is 0 Å². The van der Waals surface area contributed by atoms with Crippen LogP contribution in [0.2, 0.25) is 0 Å². The number of carboxylic acid groups (broad SMARTS) is 1. The SMILES string of the molecule is O=C(O)C(F)(Cl)C(F)(F)C(F)(Cl)C(F)(Cl)C(F)(F)C(F)(F)C(F)(F)C(F)(F)C(F)(F)F. The third-order valence-corrected chi connectivity index (χ3v) is 4.88. The number of halogens is 19. The summed E-state index contributed by atoms with van der Waals surface area (Å²) in [6, 6.07) is 0. The van der Waals surface area contributed by atoms with E-state index >= 15 is 0 Å². The summed E-state index contributed by atoms with van der Waals surface area (Å²) in [5.41, 5.74) is 0. The minimum atomic E-state index is -8.51. The first kappa shape index (κ1) is 30.2. The molecule has 0 aromatic rings. The molecule has 0 aromatic heterocycles. The predicted molar refractivity (Wildman–Crippen MR) is 67.5 cm³/mol. The fourth-order valence-corrected chi connectivity index (χ4v) is 2.16. The van der Waals surface area contributed by atoms with E-state index in [4.69, 9.17) is 5.11 Å². The molecule has 0 aliphatic carbocycles. The van der Waals surface area contributed by atoms with Gasteiger partial charge in [-0.3, -0.25) is 0 Å². The summed E-state index contributed by atoms with van der Waals surface area (Å²) in [6.07, 6.45) is -7.77. The molecule has 2 nitrogen and oxygen atoms in total. The molecule has 0 saturated carbocycles. The first-order valence-electron chi connectivity index (χ1n) is 6.27. The van der Waals surface area contributed by atoms with Crippen molar-refractivity contribution in [1.29, 1.82) is 0 Å². The number of hydrogen-bond donors (Lipinski definition) is 1. The molecule has 0 rings (SSSR count). The lowest BCUT2D eigenvalue weighted by atomic mass is 9.90. The Labute approximate surface area is 173 Å². The largest absolute Gasteiger partial charge is 0.478 e. The third-order valence-electron chi connectivity index (χ3n) is 3.38. The van der Waals surface area contributed by atoms with Crippen molar-refractivity contribution in [3.8, 4) is 0 Å². The summed E-state index contributed by atoms with van der Waals surface area (Å²) in [5.74, 6) is -44.4. The van der Waals surface area contributed by atoms with Crippen molar-refractivity contribution in [2.24, 2.45) is 0 Å². The van der Waals surface area contributed by atoms with Crippen LogP contribution in [-0.4, -0.2) is 62.2 Å². The molecule has 3 unspecified atom stereocenters. The van der Waals surface area contributed by atoms with E-state index in [1.807, 2.05) is 0 Å². The Bertz CT molecular complexity index is 713. The number of rotatable bonds is 8. The van der Waals surface area contributed by atoms with Gasteiger partial charge in [0.05, 0.1) is 0 Å². The zero-order valence-electron chi connectivity index (χ0n) is 13.0. The highest BCUT2D eigenvalue weighted by Crippen LogP contribution is 2.66. The summed E-state index contributed by atoms with van der Waals surface area (Å²) >= 11 is 11.4. The maximum absolute atomic E-state index is 13.9. The lowest BCUT2D eigenvalue weighted by Gasteiger charge is -2.45. The normalized spacial score (nSPS) is 21.1. The second-order valence-electron chi connectivity index (χ2n) is 5.40. The summed E-state index contributed by atoms with van der Waals surface area (Å²) in [6.45, 7) is 0. The van der Waals surface area contributed by atoms with E-state index in [0.29, 0.717) is 0 Å². The Morgan fingerprint density at radius 1 is 0.484 bits per heavy atom. The smallest absolute Gasteiger partial charge is 0.460 e. The molecule has 0 aromatic carbocycles. The topological polar surface area (TPSA) is 37.3 Å².